The molecule has 0 unspecified atom stereocenters. The molecule has 1 aromatic rings. The van der Waals surface area contributed by atoms with Gasteiger partial charge in [-0.15, -0.1) is 0 Å². The summed E-state index contributed by atoms with van der Waals surface area (Å²) in [5.74, 6) is -0.269. The second kappa shape index (κ2) is 2.87. The zero-order valence-electron chi connectivity index (χ0n) is 7.56. The van der Waals surface area contributed by atoms with E-state index in [0.29, 0.717) is 11.1 Å². The number of halogens is 1. The van der Waals surface area contributed by atoms with Gasteiger partial charge in [-0.25, -0.2) is 4.39 Å². The van der Waals surface area contributed by atoms with E-state index >= 15 is 0 Å². The lowest BCUT2D eigenvalue weighted by molar-refractivity contribution is 0.0775. The molecule has 2 heteroatoms. The van der Waals surface area contributed by atoms with E-state index in [-0.39, 0.29) is 5.82 Å². The third-order valence-electron chi connectivity index (χ3n) is 1.93. The summed E-state index contributed by atoms with van der Waals surface area (Å²) in [6.45, 7) is 4.96. The van der Waals surface area contributed by atoms with Crippen molar-refractivity contribution in [2.75, 3.05) is 0 Å². The molecule has 0 aromatic heterocycles. The molecule has 0 heterocycles. The molecule has 1 nitrogen and oxygen atoms in total. The quantitative estimate of drug-likeness (QED) is 0.682. The summed E-state index contributed by atoms with van der Waals surface area (Å²) >= 11 is 0. The van der Waals surface area contributed by atoms with Crippen molar-refractivity contribution in [2.24, 2.45) is 0 Å². The monoisotopic (exact) mass is 168 g/mol. The number of rotatable bonds is 1. The van der Waals surface area contributed by atoms with E-state index in [1.165, 1.54) is 6.07 Å². The fraction of sp³-hybridized carbons (Fsp3) is 0.400. The highest BCUT2D eigenvalue weighted by molar-refractivity contribution is 5.31. The van der Waals surface area contributed by atoms with Crippen LogP contribution in [0.1, 0.15) is 25.0 Å². The Labute approximate surface area is 71.9 Å². The second-order valence-corrected chi connectivity index (χ2v) is 3.47. The predicted octanol–water partition coefficient (Wildman–Crippen LogP) is 2.36. The van der Waals surface area contributed by atoms with E-state index < -0.39 is 5.60 Å². The third-order valence-corrected chi connectivity index (χ3v) is 1.93. The van der Waals surface area contributed by atoms with Crippen LogP contribution in [-0.4, -0.2) is 5.11 Å². The lowest BCUT2D eigenvalue weighted by atomic mass is 9.94. The SMILES string of the molecule is Cc1c(F)cccc1C(C)(C)O. The maximum absolute atomic E-state index is 13.0. The minimum Gasteiger partial charge on any atom is -0.386 e. The van der Waals surface area contributed by atoms with E-state index in [9.17, 15) is 9.50 Å². The van der Waals surface area contributed by atoms with E-state index in [1.54, 1.807) is 32.9 Å². The minimum atomic E-state index is -0.966. The number of aliphatic hydroxyl groups is 1. The second-order valence-electron chi connectivity index (χ2n) is 3.47. The van der Waals surface area contributed by atoms with Gasteiger partial charge in [0.05, 0.1) is 5.60 Å². The van der Waals surface area contributed by atoms with E-state index in [0.717, 1.165) is 0 Å². The molecule has 0 radical (unpaired) electrons. The van der Waals surface area contributed by atoms with Gasteiger partial charge in [0, 0.05) is 0 Å². The standard InChI is InChI=1S/C10H13FO/c1-7-8(10(2,3)12)5-4-6-9(7)11/h4-6,12H,1-3H3. The Morgan fingerprint density at radius 1 is 1.33 bits per heavy atom. The molecule has 0 aliphatic rings. The van der Waals surface area contributed by atoms with Crippen LogP contribution in [0.5, 0.6) is 0 Å². The van der Waals surface area contributed by atoms with Crippen molar-refractivity contribution in [3.05, 3.63) is 35.1 Å². The minimum absolute atomic E-state index is 0.269. The molecule has 1 rings (SSSR count). The number of hydrogen-bond acceptors (Lipinski definition) is 1. The predicted molar refractivity (Wildman–Crippen MR) is 46.4 cm³/mol. The van der Waals surface area contributed by atoms with Crippen molar-refractivity contribution in [1.29, 1.82) is 0 Å². The van der Waals surface area contributed by atoms with E-state index in [1.807, 2.05) is 0 Å². The molecule has 0 aliphatic heterocycles. The van der Waals surface area contributed by atoms with Gasteiger partial charge >= 0.3 is 0 Å². The molecule has 0 aliphatic carbocycles. The maximum Gasteiger partial charge on any atom is 0.126 e. The fourth-order valence-electron chi connectivity index (χ4n) is 1.27. The van der Waals surface area contributed by atoms with Gasteiger partial charge < -0.3 is 5.11 Å². The average Bonchev–Trinajstić information content (AvgIpc) is 1.92. The van der Waals surface area contributed by atoms with Gasteiger partial charge in [0.2, 0.25) is 0 Å². The molecule has 0 fully saturated rings. The molecule has 0 atom stereocenters. The summed E-state index contributed by atoms with van der Waals surface area (Å²) in [5, 5.41) is 9.63. The van der Waals surface area contributed by atoms with Gasteiger partial charge in [-0.3, -0.25) is 0 Å². The van der Waals surface area contributed by atoms with Gasteiger partial charge in [0.15, 0.2) is 0 Å². The highest BCUT2D eigenvalue weighted by Crippen LogP contribution is 2.24. The third kappa shape index (κ3) is 1.64. The normalized spacial score (nSPS) is 11.8. The molecule has 1 N–H and O–H groups in total. The Kier molecular flexibility index (Phi) is 2.20. The van der Waals surface area contributed by atoms with Crippen molar-refractivity contribution in [3.8, 4) is 0 Å². The molecular formula is C10H13FO. The molecule has 66 valence electrons. The largest absolute Gasteiger partial charge is 0.386 e. The van der Waals surface area contributed by atoms with Crippen LogP contribution in [0, 0.1) is 12.7 Å². The zero-order valence-corrected chi connectivity index (χ0v) is 7.56. The lowest BCUT2D eigenvalue weighted by Gasteiger charge is -2.20. The van der Waals surface area contributed by atoms with Gasteiger partial charge in [-0.2, -0.15) is 0 Å². The summed E-state index contributed by atoms with van der Waals surface area (Å²) in [6, 6.07) is 4.73. The van der Waals surface area contributed by atoms with Crippen molar-refractivity contribution in [2.45, 2.75) is 26.4 Å². The molecule has 0 saturated heterocycles. The fourth-order valence-corrected chi connectivity index (χ4v) is 1.27. The molecule has 0 amide bonds. The van der Waals surface area contributed by atoms with E-state index in [2.05, 4.69) is 0 Å². The van der Waals surface area contributed by atoms with Crippen LogP contribution in [-0.2, 0) is 5.60 Å². The van der Waals surface area contributed by atoms with Crippen molar-refractivity contribution in [3.63, 3.8) is 0 Å². The van der Waals surface area contributed by atoms with Gasteiger partial charge in [-0.1, -0.05) is 12.1 Å². The summed E-state index contributed by atoms with van der Waals surface area (Å²) in [5.41, 5.74) is 0.194. The van der Waals surface area contributed by atoms with Crippen LogP contribution in [0.4, 0.5) is 4.39 Å². The lowest BCUT2D eigenvalue weighted by Crippen LogP contribution is -2.17. The first-order valence-corrected chi connectivity index (χ1v) is 3.91. The summed E-state index contributed by atoms with van der Waals surface area (Å²) in [7, 11) is 0. The zero-order chi connectivity index (χ0) is 9.35. The molecule has 0 saturated carbocycles. The van der Waals surface area contributed by atoms with Crippen molar-refractivity contribution >= 4 is 0 Å². The summed E-state index contributed by atoms with van der Waals surface area (Å²) < 4.78 is 13.0. The molecule has 0 spiro atoms. The Bertz CT molecular complexity index is 286. The first-order valence-electron chi connectivity index (χ1n) is 3.91. The number of hydrogen-bond donors (Lipinski definition) is 1. The van der Waals surface area contributed by atoms with Crippen LogP contribution >= 0.6 is 0 Å². The van der Waals surface area contributed by atoms with Gasteiger partial charge in [0.1, 0.15) is 5.82 Å². The summed E-state index contributed by atoms with van der Waals surface area (Å²) in [4.78, 5) is 0. The van der Waals surface area contributed by atoms with Crippen LogP contribution in [0.2, 0.25) is 0 Å². The van der Waals surface area contributed by atoms with Gasteiger partial charge in [-0.05, 0) is 38.0 Å². The van der Waals surface area contributed by atoms with Crippen LogP contribution in [0.3, 0.4) is 0 Å². The van der Waals surface area contributed by atoms with Crippen LogP contribution in [0.15, 0.2) is 18.2 Å². The van der Waals surface area contributed by atoms with Crippen molar-refractivity contribution in [1.82, 2.24) is 0 Å². The Balaban J connectivity index is 3.26. The first-order chi connectivity index (χ1) is 5.43. The Morgan fingerprint density at radius 3 is 2.33 bits per heavy atom. The van der Waals surface area contributed by atoms with Crippen molar-refractivity contribution < 1.29 is 9.50 Å². The first kappa shape index (κ1) is 9.20. The Morgan fingerprint density at radius 2 is 1.92 bits per heavy atom. The molecule has 0 bridgehead atoms. The van der Waals surface area contributed by atoms with Crippen LogP contribution < -0.4 is 0 Å². The highest BCUT2D eigenvalue weighted by Gasteiger charge is 2.19. The van der Waals surface area contributed by atoms with Gasteiger partial charge in [0.25, 0.3) is 0 Å². The average molecular weight is 168 g/mol. The summed E-state index contributed by atoms with van der Waals surface area (Å²) in [6.07, 6.45) is 0. The molecule has 12 heavy (non-hydrogen) atoms. The van der Waals surface area contributed by atoms with E-state index in [4.69, 9.17) is 0 Å². The topological polar surface area (TPSA) is 20.2 Å². The molecular weight excluding hydrogens is 155 g/mol. The Hall–Kier alpha value is -0.890. The highest BCUT2D eigenvalue weighted by atomic mass is 19.1. The van der Waals surface area contributed by atoms with Crippen LogP contribution in [0.25, 0.3) is 0 Å². The maximum atomic E-state index is 13.0. The molecule has 1 aromatic carbocycles. The smallest absolute Gasteiger partial charge is 0.126 e. The number of benzene rings is 1.